The lowest BCUT2D eigenvalue weighted by molar-refractivity contribution is 0.669. The van der Waals surface area contributed by atoms with Gasteiger partial charge in [-0.05, 0) is 117 Å². The molecule has 0 saturated carbocycles. The fraction of sp³-hybridized carbons (Fsp3) is 0.0333. The second-order valence-corrected chi connectivity index (χ2v) is 16.7. The Morgan fingerprint density at radius 2 is 0.857 bits per heavy atom. The summed E-state index contributed by atoms with van der Waals surface area (Å²) >= 11 is 0. The van der Waals surface area contributed by atoms with Gasteiger partial charge in [-0.1, -0.05) is 176 Å². The summed E-state index contributed by atoms with van der Waals surface area (Å²) in [6.07, 6.45) is 0. The fourth-order valence-corrected chi connectivity index (χ4v) is 9.69. The predicted molar refractivity (Wildman–Crippen MR) is 259 cm³/mol. The first-order valence-corrected chi connectivity index (χ1v) is 21.5. The van der Waals surface area contributed by atoms with Gasteiger partial charge in [0.1, 0.15) is 11.2 Å². The highest BCUT2D eigenvalue weighted by atomic mass is 16.3. The monoisotopic (exact) mass is 804 g/mol. The van der Waals surface area contributed by atoms with Crippen molar-refractivity contribution in [3.05, 3.63) is 241 Å². The molecule has 0 bridgehead atoms. The number of furan rings is 1. The molecule has 9 aromatic carbocycles. The van der Waals surface area contributed by atoms with E-state index in [4.69, 9.17) is 14.4 Å². The van der Waals surface area contributed by atoms with Crippen molar-refractivity contribution in [2.45, 2.75) is 12.3 Å². The van der Waals surface area contributed by atoms with Gasteiger partial charge in [-0.3, -0.25) is 0 Å². The van der Waals surface area contributed by atoms with Gasteiger partial charge in [-0.15, -0.1) is 0 Å². The van der Waals surface area contributed by atoms with Crippen LogP contribution in [0.3, 0.4) is 0 Å². The van der Waals surface area contributed by atoms with E-state index in [1.165, 1.54) is 33.4 Å². The maximum Gasteiger partial charge on any atom is 0.160 e. The average molecular weight is 805 g/mol. The number of para-hydroxylation sites is 1. The predicted octanol–water partition coefficient (Wildman–Crippen LogP) is 15.7. The van der Waals surface area contributed by atoms with Gasteiger partial charge in [-0.25, -0.2) is 9.97 Å². The van der Waals surface area contributed by atoms with Crippen LogP contribution in [0.25, 0.3) is 100 Å². The molecular weight excluding hydrogens is 765 g/mol. The number of hydrogen-bond donors (Lipinski definition) is 0. The Morgan fingerprint density at radius 1 is 0.333 bits per heavy atom. The van der Waals surface area contributed by atoms with E-state index >= 15 is 0 Å². The third-order valence-corrected chi connectivity index (χ3v) is 13.0. The molecule has 0 N–H and O–H groups in total. The minimum atomic E-state index is -0.258. The molecule has 0 saturated heterocycles. The van der Waals surface area contributed by atoms with Crippen molar-refractivity contribution in [3.63, 3.8) is 0 Å². The minimum Gasteiger partial charge on any atom is -0.456 e. The SMILES string of the molecule is CC1(c2ccccc2)c2ccccc2-c2ccc(-c3ccc(-c4cc(-c5cc(-c6ccccc6)cc(-c6ccc7oc8ccccc8c7c6)c5)nc(-c5ccccc5)n4)cc3)cc21. The third kappa shape index (κ3) is 6.28. The van der Waals surface area contributed by atoms with Crippen LogP contribution < -0.4 is 0 Å². The smallest absolute Gasteiger partial charge is 0.160 e. The van der Waals surface area contributed by atoms with E-state index < -0.39 is 0 Å². The molecule has 1 aliphatic carbocycles. The van der Waals surface area contributed by atoms with Gasteiger partial charge in [0, 0.05) is 32.9 Å². The first-order chi connectivity index (χ1) is 31.1. The Morgan fingerprint density at radius 3 is 1.63 bits per heavy atom. The molecule has 12 rings (SSSR count). The number of aromatic nitrogens is 2. The zero-order chi connectivity index (χ0) is 41.9. The average Bonchev–Trinajstić information content (AvgIpc) is 3.87. The summed E-state index contributed by atoms with van der Waals surface area (Å²) in [5, 5.41) is 2.21. The van der Waals surface area contributed by atoms with Crippen molar-refractivity contribution in [1.29, 1.82) is 0 Å². The van der Waals surface area contributed by atoms with Crippen LogP contribution in [0.4, 0.5) is 0 Å². The molecule has 0 spiro atoms. The van der Waals surface area contributed by atoms with E-state index in [-0.39, 0.29) is 5.41 Å². The van der Waals surface area contributed by atoms with Gasteiger partial charge in [0.15, 0.2) is 5.82 Å². The zero-order valence-corrected chi connectivity index (χ0v) is 34.7. The molecule has 11 aromatic rings. The Hall–Kier alpha value is -8.14. The van der Waals surface area contributed by atoms with Crippen molar-refractivity contribution in [2.24, 2.45) is 0 Å². The van der Waals surface area contributed by atoms with E-state index in [1.807, 2.05) is 30.3 Å². The van der Waals surface area contributed by atoms with Crippen molar-refractivity contribution in [2.75, 3.05) is 0 Å². The standard InChI is InChI=1S/C60H40N2O/c1-60(48-19-9-4-10-20-48)53-23-13-11-21-49(53)50-31-29-44(37-54(50)60)40-25-27-41(28-26-40)55-38-56(62-59(61-55)42-17-7-3-8-18-42)47-34-45(39-15-5-2-6-16-39)33-46(35-47)43-30-32-58-52(36-43)51-22-12-14-24-57(51)63-58/h2-38H,1H3. The summed E-state index contributed by atoms with van der Waals surface area (Å²) in [4.78, 5) is 10.5. The largest absolute Gasteiger partial charge is 0.456 e. The highest BCUT2D eigenvalue weighted by molar-refractivity contribution is 6.06. The Labute approximate surface area is 366 Å². The van der Waals surface area contributed by atoms with Crippen molar-refractivity contribution >= 4 is 21.9 Å². The molecule has 2 aromatic heterocycles. The van der Waals surface area contributed by atoms with Crippen LogP contribution in [-0.2, 0) is 5.41 Å². The van der Waals surface area contributed by atoms with Crippen LogP contribution in [0.1, 0.15) is 23.6 Å². The van der Waals surface area contributed by atoms with Gasteiger partial charge in [0.05, 0.1) is 11.4 Å². The second-order valence-electron chi connectivity index (χ2n) is 16.7. The highest BCUT2D eigenvalue weighted by Gasteiger charge is 2.40. The Bertz CT molecular complexity index is 3500. The highest BCUT2D eigenvalue weighted by Crippen LogP contribution is 2.53. The number of fused-ring (bicyclic) bond motifs is 6. The molecule has 0 fully saturated rings. The summed E-state index contributed by atoms with van der Waals surface area (Å²) in [5.41, 5.74) is 19.7. The summed E-state index contributed by atoms with van der Waals surface area (Å²) in [7, 11) is 0. The lowest BCUT2D eigenvalue weighted by Crippen LogP contribution is -2.22. The molecular formula is C60H40N2O. The third-order valence-electron chi connectivity index (χ3n) is 13.0. The van der Waals surface area contributed by atoms with Crippen LogP contribution in [0, 0.1) is 0 Å². The zero-order valence-electron chi connectivity index (χ0n) is 34.7. The number of hydrogen-bond acceptors (Lipinski definition) is 3. The van der Waals surface area contributed by atoms with E-state index in [0.29, 0.717) is 5.82 Å². The Kier molecular flexibility index (Phi) is 8.62. The van der Waals surface area contributed by atoms with Crippen molar-refractivity contribution < 1.29 is 4.42 Å². The van der Waals surface area contributed by atoms with E-state index in [1.54, 1.807) is 0 Å². The van der Waals surface area contributed by atoms with Crippen molar-refractivity contribution in [3.8, 4) is 78.4 Å². The number of rotatable bonds is 7. The number of benzene rings is 9. The molecule has 0 amide bonds. The molecule has 1 atom stereocenters. The normalized spacial score (nSPS) is 14.2. The van der Waals surface area contributed by atoms with E-state index in [2.05, 4.69) is 201 Å². The molecule has 0 radical (unpaired) electrons. The van der Waals surface area contributed by atoms with Crippen LogP contribution in [-0.4, -0.2) is 9.97 Å². The molecule has 2 heterocycles. The second kappa shape index (κ2) is 14.8. The maximum atomic E-state index is 6.21. The van der Waals surface area contributed by atoms with Gasteiger partial charge >= 0.3 is 0 Å². The van der Waals surface area contributed by atoms with Crippen LogP contribution >= 0.6 is 0 Å². The van der Waals surface area contributed by atoms with Crippen LogP contribution in [0.15, 0.2) is 229 Å². The quantitative estimate of drug-likeness (QED) is 0.161. The molecule has 63 heavy (non-hydrogen) atoms. The lowest BCUT2D eigenvalue weighted by Gasteiger charge is -2.28. The number of nitrogens with zero attached hydrogens (tertiary/aromatic N) is 2. The molecule has 3 heteroatoms. The summed E-state index contributed by atoms with van der Waals surface area (Å²) in [6, 6.07) is 80.1. The Balaban J connectivity index is 0.969. The maximum absolute atomic E-state index is 6.21. The fourth-order valence-electron chi connectivity index (χ4n) is 9.69. The van der Waals surface area contributed by atoms with Gasteiger partial charge in [-0.2, -0.15) is 0 Å². The summed E-state index contributed by atoms with van der Waals surface area (Å²) < 4.78 is 6.21. The molecule has 1 aliphatic rings. The van der Waals surface area contributed by atoms with Crippen LogP contribution in [0.2, 0.25) is 0 Å². The van der Waals surface area contributed by atoms with Gasteiger partial charge in [0.25, 0.3) is 0 Å². The molecule has 3 nitrogen and oxygen atoms in total. The van der Waals surface area contributed by atoms with Gasteiger partial charge < -0.3 is 4.42 Å². The molecule has 1 unspecified atom stereocenters. The first kappa shape index (κ1) is 36.7. The minimum absolute atomic E-state index is 0.258. The van der Waals surface area contributed by atoms with Gasteiger partial charge in [0.2, 0.25) is 0 Å². The molecule has 0 aliphatic heterocycles. The van der Waals surface area contributed by atoms with Crippen molar-refractivity contribution in [1.82, 2.24) is 9.97 Å². The van der Waals surface area contributed by atoms with E-state index in [0.717, 1.165) is 77.8 Å². The topological polar surface area (TPSA) is 38.9 Å². The lowest BCUT2D eigenvalue weighted by atomic mass is 9.74. The first-order valence-electron chi connectivity index (χ1n) is 21.5. The van der Waals surface area contributed by atoms with Crippen LogP contribution in [0.5, 0.6) is 0 Å². The summed E-state index contributed by atoms with van der Waals surface area (Å²) in [6.45, 7) is 2.37. The molecule has 296 valence electrons. The van der Waals surface area contributed by atoms with E-state index in [9.17, 15) is 0 Å². The summed E-state index contributed by atoms with van der Waals surface area (Å²) in [5.74, 6) is 0.684.